The molecule has 0 radical (unpaired) electrons. The Kier molecular flexibility index (Phi) is 5.43. The van der Waals surface area contributed by atoms with E-state index >= 15 is 0 Å². The number of aromatic hydroxyl groups is 1. The summed E-state index contributed by atoms with van der Waals surface area (Å²) in [5, 5.41) is 19.0. The summed E-state index contributed by atoms with van der Waals surface area (Å²) in [7, 11) is 0. The Morgan fingerprint density at radius 3 is 2.52 bits per heavy atom. The number of nitrogens with zero attached hydrogens (tertiary/aromatic N) is 1. The number of benzene rings is 2. The van der Waals surface area contributed by atoms with Gasteiger partial charge < -0.3 is 14.8 Å². The fraction of sp³-hybridized carbons (Fsp3) is 0.0476. The molecule has 0 aliphatic carbocycles. The number of aromatic nitrogens is 1. The highest BCUT2D eigenvalue weighted by Gasteiger charge is 2.13. The number of carboxylic acids is 1. The number of carbonyl (C=O) groups is 2. The zero-order valence-electron chi connectivity index (χ0n) is 14.2. The molecule has 2 aromatic carbocycles. The van der Waals surface area contributed by atoms with Crippen molar-refractivity contribution in [3.63, 3.8) is 0 Å². The Balaban J connectivity index is 1.80. The minimum absolute atomic E-state index is 0.0991. The quantitative estimate of drug-likeness (QED) is 0.616. The summed E-state index contributed by atoms with van der Waals surface area (Å²) in [5.41, 5.74) is 1.62. The summed E-state index contributed by atoms with van der Waals surface area (Å²) < 4.78 is 1.77. The van der Waals surface area contributed by atoms with E-state index in [0.717, 1.165) is 0 Å². The Morgan fingerprint density at radius 1 is 1.07 bits per heavy atom. The number of hydrogen-bond donors (Lipinski definition) is 2. The number of allylic oxidation sites excluding steroid dienone is 1. The molecular weight excluding hydrogens is 366 g/mol. The minimum atomic E-state index is -1.05. The summed E-state index contributed by atoms with van der Waals surface area (Å²) in [6.45, 7) is 0.397. The van der Waals surface area contributed by atoms with Crippen LogP contribution in [0, 0.1) is 0 Å². The fourth-order valence-corrected chi connectivity index (χ4v) is 2.86. The number of carboxylic acid groups (broad SMARTS) is 1. The molecule has 1 aromatic heterocycles. The molecule has 2 N–H and O–H groups in total. The van der Waals surface area contributed by atoms with Crippen LogP contribution in [0.3, 0.4) is 0 Å². The van der Waals surface area contributed by atoms with Crippen molar-refractivity contribution < 1.29 is 19.8 Å². The molecule has 0 spiro atoms. The van der Waals surface area contributed by atoms with E-state index in [2.05, 4.69) is 0 Å². The standard InChI is InChI=1S/C21H16ClNO4/c22-16-8-5-14(18(13-16)21(26)27)3-1-11-23-12-2-4-19(23)20(25)15-6-9-17(24)10-7-15/h1-10,12-13,24H,11H2,(H,26,27)/b3-1+. The molecule has 0 saturated heterocycles. The van der Waals surface area contributed by atoms with E-state index < -0.39 is 5.97 Å². The second-order valence-electron chi connectivity index (χ2n) is 5.86. The van der Waals surface area contributed by atoms with Gasteiger partial charge in [-0.15, -0.1) is 0 Å². The highest BCUT2D eigenvalue weighted by atomic mass is 35.5. The number of phenolic OH excluding ortho intramolecular Hbond substituents is 1. The van der Waals surface area contributed by atoms with E-state index in [1.165, 1.54) is 18.2 Å². The van der Waals surface area contributed by atoms with Crippen molar-refractivity contribution in [3.8, 4) is 5.75 Å². The van der Waals surface area contributed by atoms with Gasteiger partial charge in [-0.3, -0.25) is 4.79 Å². The van der Waals surface area contributed by atoms with Crippen LogP contribution < -0.4 is 0 Å². The Labute approximate surface area is 160 Å². The molecule has 3 aromatic rings. The molecule has 3 rings (SSSR count). The summed E-state index contributed by atoms with van der Waals surface area (Å²) in [5.74, 6) is -1.12. The lowest BCUT2D eigenvalue weighted by molar-refractivity contribution is 0.0696. The monoisotopic (exact) mass is 381 g/mol. The number of ketones is 1. The highest BCUT2D eigenvalue weighted by Crippen LogP contribution is 2.18. The van der Waals surface area contributed by atoms with E-state index in [-0.39, 0.29) is 17.1 Å². The first-order chi connectivity index (χ1) is 13.0. The van der Waals surface area contributed by atoms with Gasteiger partial charge in [-0.25, -0.2) is 4.79 Å². The van der Waals surface area contributed by atoms with Gasteiger partial charge in [0, 0.05) is 23.3 Å². The molecule has 0 unspecified atom stereocenters. The number of phenols is 1. The van der Waals surface area contributed by atoms with Crippen molar-refractivity contribution in [3.05, 3.63) is 94.3 Å². The molecule has 0 saturated carbocycles. The average molecular weight is 382 g/mol. The van der Waals surface area contributed by atoms with E-state index in [9.17, 15) is 19.8 Å². The number of halogens is 1. The lowest BCUT2D eigenvalue weighted by Gasteiger charge is -2.07. The van der Waals surface area contributed by atoms with Crippen molar-refractivity contribution in [2.45, 2.75) is 6.54 Å². The zero-order valence-corrected chi connectivity index (χ0v) is 14.9. The zero-order chi connectivity index (χ0) is 19.4. The van der Waals surface area contributed by atoms with Gasteiger partial charge >= 0.3 is 5.97 Å². The normalized spacial score (nSPS) is 11.0. The van der Waals surface area contributed by atoms with Crippen LogP contribution in [-0.4, -0.2) is 26.5 Å². The van der Waals surface area contributed by atoms with E-state index in [1.54, 1.807) is 59.3 Å². The number of rotatable bonds is 6. The van der Waals surface area contributed by atoms with Crippen LogP contribution in [0.25, 0.3) is 6.08 Å². The molecule has 0 fully saturated rings. The molecule has 5 nitrogen and oxygen atoms in total. The second kappa shape index (κ2) is 7.93. The molecular formula is C21H16ClNO4. The van der Waals surface area contributed by atoms with Crippen LogP contribution in [0.1, 0.15) is 32.0 Å². The number of hydrogen-bond acceptors (Lipinski definition) is 3. The van der Waals surface area contributed by atoms with Gasteiger partial charge in [0.25, 0.3) is 0 Å². The first-order valence-corrected chi connectivity index (χ1v) is 8.52. The van der Waals surface area contributed by atoms with Gasteiger partial charge in [-0.05, 0) is 54.1 Å². The first kappa shape index (κ1) is 18.5. The molecule has 0 atom stereocenters. The van der Waals surface area contributed by atoms with Crippen molar-refractivity contribution in [2.75, 3.05) is 0 Å². The third-order valence-electron chi connectivity index (χ3n) is 4.04. The van der Waals surface area contributed by atoms with Crippen molar-refractivity contribution >= 4 is 29.4 Å². The van der Waals surface area contributed by atoms with Crippen LogP contribution >= 0.6 is 11.6 Å². The largest absolute Gasteiger partial charge is 0.508 e. The van der Waals surface area contributed by atoms with Gasteiger partial charge in [0.05, 0.1) is 11.3 Å². The van der Waals surface area contributed by atoms with Crippen LogP contribution in [0.2, 0.25) is 5.02 Å². The smallest absolute Gasteiger partial charge is 0.336 e. The molecule has 0 bridgehead atoms. The maximum atomic E-state index is 12.6. The summed E-state index contributed by atoms with van der Waals surface area (Å²) in [6, 6.07) is 14.2. The van der Waals surface area contributed by atoms with Crippen LogP contribution in [0.5, 0.6) is 5.75 Å². The van der Waals surface area contributed by atoms with Gasteiger partial charge in [-0.2, -0.15) is 0 Å². The van der Waals surface area contributed by atoms with Gasteiger partial charge in [0.2, 0.25) is 5.78 Å². The van der Waals surface area contributed by atoms with Gasteiger partial charge in [0.15, 0.2) is 0 Å². The lowest BCUT2D eigenvalue weighted by atomic mass is 10.1. The molecule has 0 aliphatic heterocycles. The van der Waals surface area contributed by atoms with E-state index in [4.69, 9.17) is 11.6 Å². The third kappa shape index (κ3) is 4.27. The number of carbonyl (C=O) groups excluding carboxylic acids is 1. The average Bonchev–Trinajstić information content (AvgIpc) is 3.11. The first-order valence-electron chi connectivity index (χ1n) is 8.14. The minimum Gasteiger partial charge on any atom is -0.508 e. The molecule has 0 amide bonds. The Bertz CT molecular complexity index is 1020. The SMILES string of the molecule is O=C(O)c1cc(Cl)ccc1/C=C/Cn1cccc1C(=O)c1ccc(O)cc1. The molecule has 27 heavy (non-hydrogen) atoms. The predicted octanol–water partition coefficient (Wildman–Crippen LogP) is 4.49. The van der Waals surface area contributed by atoms with Crippen LogP contribution in [0.15, 0.2) is 66.9 Å². The summed E-state index contributed by atoms with van der Waals surface area (Å²) >= 11 is 5.86. The van der Waals surface area contributed by atoms with Crippen molar-refractivity contribution in [1.82, 2.24) is 4.57 Å². The molecule has 6 heteroatoms. The molecule has 136 valence electrons. The fourth-order valence-electron chi connectivity index (χ4n) is 2.69. The molecule has 1 heterocycles. The summed E-state index contributed by atoms with van der Waals surface area (Å²) in [4.78, 5) is 24.0. The van der Waals surface area contributed by atoms with Gasteiger partial charge in [0.1, 0.15) is 5.75 Å². The number of aromatic carboxylic acids is 1. The maximum Gasteiger partial charge on any atom is 0.336 e. The van der Waals surface area contributed by atoms with Crippen molar-refractivity contribution in [1.29, 1.82) is 0 Å². The Morgan fingerprint density at radius 2 is 1.81 bits per heavy atom. The predicted molar refractivity (Wildman–Crippen MR) is 103 cm³/mol. The lowest BCUT2D eigenvalue weighted by Crippen LogP contribution is -2.09. The summed E-state index contributed by atoms with van der Waals surface area (Å²) in [6.07, 6.45) is 5.25. The maximum absolute atomic E-state index is 12.6. The molecule has 0 aliphatic rings. The van der Waals surface area contributed by atoms with Crippen molar-refractivity contribution in [2.24, 2.45) is 0 Å². The van der Waals surface area contributed by atoms with E-state index in [1.807, 2.05) is 0 Å². The Hall–Kier alpha value is -3.31. The second-order valence-corrected chi connectivity index (χ2v) is 6.30. The van der Waals surface area contributed by atoms with Gasteiger partial charge in [-0.1, -0.05) is 29.8 Å². The van der Waals surface area contributed by atoms with E-state index in [0.29, 0.717) is 28.4 Å². The highest BCUT2D eigenvalue weighted by molar-refractivity contribution is 6.31. The van der Waals surface area contributed by atoms with Crippen LogP contribution in [-0.2, 0) is 6.54 Å². The topological polar surface area (TPSA) is 79.5 Å². The van der Waals surface area contributed by atoms with Crippen LogP contribution in [0.4, 0.5) is 0 Å². The third-order valence-corrected chi connectivity index (χ3v) is 4.27.